The van der Waals surface area contributed by atoms with E-state index in [-0.39, 0.29) is 0 Å². The highest BCUT2D eigenvalue weighted by Crippen LogP contribution is 2.34. The molecule has 2 fully saturated rings. The molecule has 2 N–H and O–H groups in total. The first-order valence-corrected chi connectivity index (χ1v) is 8.93. The lowest BCUT2D eigenvalue weighted by molar-refractivity contribution is 0.0992. The smallest absolute Gasteiger partial charge is 0.191 e. The highest BCUT2D eigenvalue weighted by atomic mass is 32.1. The summed E-state index contributed by atoms with van der Waals surface area (Å²) in [6.07, 6.45) is 4.32. The van der Waals surface area contributed by atoms with Crippen LogP contribution in [0.15, 0.2) is 21.8 Å². The molecule has 22 heavy (non-hydrogen) atoms. The van der Waals surface area contributed by atoms with Crippen molar-refractivity contribution in [2.75, 3.05) is 27.7 Å². The fourth-order valence-electron chi connectivity index (χ4n) is 3.42. The molecule has 5 nitrogen and oxygen atoms in total. The fraction of sp³-hybridized carbons (Fsp3) is 0.688. The highest BCUT2D eigenvalue weighted by Gasteiger charge is 2.41. The van der Waals surface area contributed by atoms with Crippen molar-refractivity contribution >= 4 is 17.3 Å². The van der Waals surface area contributed by atoms with Crippen LogP contribution in [0.1, 0.15) is 30.9 Å². The Kier molecular flexibility index (Phi) is 5.00. The Morgan fingerprint density at radius 2 is 2.36 bits per heavy atom. The molecule has 0 aliphatic carbocycles. The van der Waals surface area contributed by atoms with Gasteiger partial charge in [0.15, 0.2) is 5.96 Å². The van der Waals surface area contributed by atoms with E-state index in [1.165, 1.54) is 18.4 Å². The third-order valence-electron chi connectivity index (χ3n) is 4.67. The van der Waals surface area contributed by atoms with Crippen molar-refractivity contribution in [2.24, 2.45) is 4.99 Å². The van der Waals surface area contributed by atoms with E-state index in [1.807, 2.05) is 7.05 Å². The number of nitrogens with zero attached hydrogens (tertiary/aromatic N) is 2. The van der Waals surface area contributed by atoms with Crippen LogP contribution in [-0.2, 0) is 4.74 Å². The molecular weight excluding hydrogens is 296 g/mol. The second kappa shape index (κ2) is 6.98. The second-order valence-electron chi connectivity index (χ2n) is 6.35. The molecule has 1 aromatic heterocycles. The second-order valence-corrected chi connectivity index (χ2v) is 7.13. The van der Waals surface area contributed by atoms with Crippen molar-refractivity contribution in [1.82, 2.24) is 15.5 Å². The first kappa shape index (κ1) is 15.8. The maximum Gasteiger partial charge on any atom is 0.191 e. The summed E-state index contributed by atoms with van der Waals surface area (Å²) in [5.41, 5.74) is 1.35. The van der Waals surface area contributed by atoms with E-state index < -0.39 is 0 Å². The molecule has 6 heteroatoms. The molecule has 1 aromatic rings. The van der Waals surface area contributed by atoms with Crippen LogP contribution in [0.3, 0.4) is 0 Å². The Labute approximate surface area is 136 Å². The number of aliphatic imine (C=N–C) groups is 1. The van der Waals surface area contributed by atoms with Crippen molar-refractivity contribution in [3.05, 3.63) is 22.4 Å². The summed E-state index contributed by atoms with van der Waals surface area (Å²) >= 11 is 1.74. The summed E-state index contributed by atoms with van der Waals surface area (Å²) in [6, 6.07) is 2.95. The number of hydrogen-bond donors (Lipinski definition) is 2. The predicted molar refractivity (Wildman–Crippen MR) is 91.5 cm³/mol. The third kappa shape index (κ3) is 3.45. The number of fused-ring (bicyclic) bond motifs is 2. The molecule has 0 radical (unpaired) electrons. The summed E-state index contributed by atoms with van der Waals surface area (Å²) in [6.45, 7) is 0.838. The van der Waals surface area contributed by atoms with Gasteiger partial charge < -0.3 is 20.3 Å². The van der Waals surface area contributed by atoms with Crippen molar-refractivity contribution in [1.29, 1.82) is 0 Å². The number of rotatable bonds is 5. The van der Waals surface area contributed by atoms with Gasteiger partial charge >= 0.3 is 0 Å². The zero-order chi connectivity index (χ0) is 15.5. The lowest BCUT2D eigenvalue weighted by atomic mass is 9.96. The third-order valence-corrected chi connectivity index (χ3v) is 5.37. The Morgan fingerprint density at radius 1 is 1.50 bits per heavy atom. The van der Waals surface area contributed by atoms with Gasteiger partial charge in [-0.05, 0) is 55.7 Å². The van der Waals surface area contributed by atoms with Gasteiger partial charge in [-0.25, -0.2) is 0 Å². The van der Waals surface area contributed by atoms with Gasteiger partial charge in [0.25, 0.3) is 0 Å². The summed E-state index contributed by atoms with van der Waals surface area (Å²) in [4.78, 5) is 6.61. The van der Waals surface area contributed by atoms with Gasteiger partial charge in [-0.3, -0.25) is 4.99 Å². The van der Waals surface area contributed by atoms with Gasteiger partial charge in [-0.1, -0.05) is 0 Å². The number of hydrogen-bond acceptors (Lipinski definition) is 4. The minimum absolute atomic E-state index is 0.348. The van der Waals surface area contributed by atoms with Crippen LogP contribution >= 0.6 is 11.3 Å². The van der Waals surface area contributed by atoms with E-state index in [4.69, 9.17) is 4.74 Å². The van der Waals surface area contributed by atoms with Crippen molar-refractivity contribution < 1.29 is 4.74 Å². The molecule has 122 valence electrons. The van der Waals surface area contributed by atoms with E-state index in [0.29, 0.717) is 24.3 Å². The quantitative estimate of drug-likeness (QED) is 0.641. The van der Waals surface area contributed by atoms with E-state index in [9.17, 15) is 0 Å². The average molecular weight is 322 g/mol. The predicted octanol–water partition coefficient (Wildman–Crippen LogP) is 1.84. The lowest BCUT2D eigenvalue weighted by Crippen LogP contribution is -2.49. The van der Waals surface area contributed by atoms with Crippen LogP contribution in [0.5, 0.6) is 0 Å². The number of likely N-dealkylation sites (N-methyl/N-ethyl adjacent to an activating group) is 1. The van der Waals surface area contributed by atoms with Crippen LogP contribution in [-0.4, -0.2) is 56.8 Å². The molecule has 4 atom stereocenters. The maximum atomic E-state index is 5.90. The van der Waals surface area contributed by atoms with E-state index in [1.54, 1.807) is 11.3 Å². The van der Waals surface area contributed by atoms with Crippen LogP contribution < -0.4 is 10.6 Å². The molecule has 3 rings (SSSR count). The largest absolute Gasteiger partial charge is 0.373 e. The van der Waals surface area contributed by atoms with E-state index in [0.717, 1.165) is 18.9 Å². The van der Waals surface area contributed by atoms with Crippen LogP contribution in [0.2, 0.25) is 0 Å². The Hall–Kier alpha value is -1.11. The molecule has 2 saturated heterocycles. The van der Waals surface area contributed by atoms with Gasteiger partial charge in [-0.15, -0.1) is 0 Å². The lowest BCUT2D eigenvalue weighted by Gasteiger charge is -2.27. The first-order chi connectivity index (χ1) is 10.7. The Morgan fingerprint density at radius 3 is 2.91 bits per heavy atom. The molecule has 0 saturated carbocycles. The zero-order valence-electron chi connectivity index (χ0n) is 13.6. The summed E-state index contributed by atoms with van der Waals surface area (Å²) < 4.78 is 5.90. The molecule has 2 aliphatic heterocycles. The van der Waals surface area contributed by atoms with E-state index >= 15 is 0 Å². The molecule has 0 aromatic carbocycles. The molecule has 0 spiro atoms. The van der Waals surface area contributed by atoms with Crippen LogP contribution in [0.25, 0.3) is 0 Å². The molecule has 2 aliphatic rings. The van der Waals surface area contributed by atoms with Crippen LogP contribution in [0.4, 0.5) is 0 Å². The Balaban J connectivity index is 1.54. The molecule has 0 amide bonds. The summed E-state index contributed by atoms with van der Waals surface area (Å²) in [5, 5.41) is 11.4. The SMILES string of the molecule is CN=C(NCC(c1ccsc1)N(C)C)NC1CC2CCC1O2. The molecular formula is C16H26N4OS. The minimum Gasteiger partial charge on any atom is -0.373 e. The zero-order valence-corrected chi connectivity index (χ0v) is 14.4. The van der Waals surface area contributed by atoms with Gasteiger partial charge in [0.05, 0.1) is 24.3 Å². The Bertz CT molecular complexity index is 502. The van der Waals surface area contributed by atoms with Crippen molar-refractivity contribution in [3.8, 4) is 0 Å². The summed E-state index contributed by atoms with van der Waals surface area (Å²) in [5.74, 6) is 0.878. The number of guanidine groups is 1. The van der Waals surface area contributed by atoms with Crippen molar-refractivity contribution in [2.45, 2.75) is 43.6 Å². The van der Waals surface area contributed by atoms with Crippen LogP contribution in [0, 0.1) is 0 Å². The topological polar surface area (TPSA) is 48.9 Å². The van der Waals surface area contributed by atoms with E-state index in [2.05, 4.69) is 51.4 Å². The van der Waals surface area contributed by atoms with Gasteiger partial charge in [-0.2, -0.15) is 11.3 Å². The molecule has 2 bridgehead atoms. The fourth-order valence-corrected chi connectivity index (χ4v) is 4.12. The summed E-state index contributed by atoms with van der Waals surface area (Å²) in [7, 11) is 6.06. The highest BCUT2D eigenvalue weighted by molar-refractivity contribution is 7.07. The molecule has 4 unspecified atom stereocenters. The van der Waals surface area contributed by atoms with Crippen molar-refractivity contribution in [3.63, 3.8) is 0 Å². The molecule has 3 heterocycles. The van der Waals surface area contributed by atoms with Gasteiger partial charge in [0, 0.05) is 13.6 Å². The monoisotopic (exact) mass is 322 g/mol. The minimum atomic E-state index is 0.348. The van der Waals surface area contributed by atoms with Gasteiger partial charge in [0.1, 0.15) is 0 Å². The average Bonchev–Trinajstić information content (AvgIpc) is 3.23. The number of ether oxygens (including phenoxy) is 1. The van der Waals surface area contributed by atoms with Gasteiger partial charge in [0.2, 0.25) is 0 Å². The first-order valence-electron chi connectivity index (χ1n) is 7.98. The number of nitrogens with one attached hydrogen (secondary N) is 2. The maximum absolute atomic E-state index is 5.90. The standard InChI is InChI=1S/C16H26N4OS/c1-17-16(19-13-8-12-4-5-15(13)21-12)18-9-14(20(2)3)11-6-7-22-10-11/h6-7,10,12-15H,4-5,8-9H2,1-3H3,(H2,17,18,19). The number of thiophene rings is 1. The normalized spacial score (nSPS) is 29.1.